The molecule has 1 aromatic heterocycles. The van der Waals surface area contributed by atoms with E-state index in [-0.39, 0.29) is 6.04 Å². The summed E-state index contributed by atoms with van der Waals surface area (Å²) < 4.78 is 1.87. The molecule has 1 aromatic rings. The van der Waals surface area contributed by atoms with Gasteiger partial charge in [-0.2, -0.15) is 5.10 Å². The lowest BCUT2D eigenvalue weighted by Gasteiger charge is -2.38. The summed E-state index contributed by atoms with van der Waals surface area (Å²) in [5.74, 6) is 0.301. The van der Waals surface area contributed by atoms with Crippen LogP contribution in [0.4, 0.5) is 0 Å². The van der Waals surface area contributed by atoms with Gasteiger partial charge in [0.25, 0.3) is 0 Å². The molecule has 5 heteroatoms. The molecule has 0 spiro atoms. The lowest BCUT2D eigenvalue weighted by molar-refractivity contribution is 0.0301. The average molecular weight is 298 g/mol. The Bertz CT molecular complexity index is 473. The summed E-state index contributed by atoms with van der Waals surface area (Å²) in [6, 6.07) is 1.47. The summed E-state index contributed by atoms with van der Waals surface area (Å²) in [4.78, 5) is 2.49. The first-order chi connectivity index (χ1) is 9.49. The standard InChI is InChI=1S/C15H24ClN3O/c1-9(2)19-14(13(16)8-17-19)15(20)10-6-11-4-5-12(7-10)18(11)3/h8-12,15,20H,4-7H2,1-3H3. The Morgan fingerprint density at radius 2 is 1.90 bits per heavy atom. The van der Waals surface area contributed by atoms with E-state index < -0.39 is 6.10 Å². The predicted molar refractivity (Wildman–Crippen MR) is 79.9 cm³/mol. The van der Waals surface area contributed by atoms with Crippen molar-refractivity contribution in [3.63, 3.8) is 0 Å². The van der Waals surface area contributed by atoms with Gasteiger partial charge < -0.3 is 10.0 Å². The highest BCUT2D eigenvalue weighted by atomic mass is 35.5. The minimum atomic E-state index is -0.496. The quantitative estimate of drug-likeness (QED) is 0.932. The van der Waals surface area contributed by atoms with Crippen LogP contribution in [0.2, 0.25) is 5.02 Å². The molecule has 3 atom stereocenters. The SMILES string of the molecule is CC(C)n1ncc(Cl)c1C(O)C1CC2CCC(C1)N2C. The molecule has 0 aliphatic carbocycles. The molecule has 2 fully saturated rings. The molecule has 112 valence electrons. The van der Waals surface area contributed by atoms with Gasteiger partial charge >= 0.3 is 0 Å². The second-order valence-electron chi connectivity index (χ2n) is 6.64. The van der Waals surface area contributed by atoms with Crippen LogP contribution in [0, 0.1) is 5.92 Å². The number of hydrogen-bond donors (Lipinski definition) is 1. The van der Waals surface area contributed by atoms with Crippen LogP contribution in [0.25, 0.3) is 0 Å². The molecule has 2 aliphatic heterocycles. The van der Waals surface area contributed by atoms with Gasteiger partial charge in [0.1, 0.15) is 6.10 Å². The summed E-state index contributed by atoms with van der Waals surface area (Å²) in [7, 11) is 2.22. The van der Waals surface area contributed by atoms with Gasteiger partial charge in [-0.05, 0) is 52.5 Å². The molecular weight excluding hydrogens is 274 g/mol. The first kappa shape index (κ1) is 14.4. The Morgan fingerprint density at radius 1 is 1.30 bits per heavy atom. The maximum absolute atomic E-state index is 10.8. The highest BCUT2D eigenvalue weighted by molar-refractivity contribution is 6.31. The van der Waals surface area contributed by atoms with Crippen molar-refractivity contribution in [2.45, 2.75) is 63.8 Å². The Labute approximate surface area is 125 Å². The molecule has 3 unspecified atom stereocenters. The number of aliphatic hydroxyl groups excluding tert-OH is 1. The number of piperidine rings is 1. The fourth-order valence-electron chi connectivity index (χ4n) is 3.97. The molecule has 3 rings (SSSR count). The van der Waals surface area contributed by atoms with Gasteiger partial charge in [-0.3, -0.25) is 4.68 Å². The molecule has 0 amide bonds. The molecule has 0 aromatic carbocycles. The zero-order valence-electron chi connectivity index (χ0n) is 12.5. The van der Waals surface area contributed by atoms with E-state index in [2.05, 4.69) is 30.9 Å². The van der Waals surface area contributed by atoms with Crippen LogP contribution in [-0.4, -0.2) is 38.9 Å². The Hall–Kier alpha value is -0.580. The topological polar surface area (TPSA) is 41.3 Å². The zero-order chi connectivity index (χ0) is 14.4. The smallest absolute Gasteiger partial charge is 0.100 e. The van der Waals surface area contributed by atoms with Crippen molar-refractivity contribution in [3.8, 4) is 0 Å². The summed E-state index contributed by atoms with van der Waals surface area (Å²) >= 11 is 6.27. The van der Waals surface area contributed by atoms with Crippen molar-refractivity contribution in [1.82, 2.24) is 14.7 Å². The molecule has 4 nitrogen and oxygen atoms in total. The van der Waals surface area contributed by atoms with Crippen molar-refractivity contribution in [3.05, 3.63) is 16.9 Å². The second-order valence-corrected chi connectivity index (χ2v) is 7.05. The molecule has 3 heterocycles. The highest BCUT2D eigenvalue weighted by Crippen LogP contribution is 2.43. The van der Waals surface area contributed by atoms with Crippen molar-refractivity contribution in [2.75, 3.05) is 7.05 Å². The number of nitrogens with zero attached hydrogens (tertiary/aromatic N) is 3. The van der Waals surface area contributed by atoms with E-state index >= 15 is 0 Å². The number of rotatable bonds is 3. The van der Waals surface area contributed by atoms with E-state index in [0.717, 1.165) is 18.5 Å². The van der Waals surface area contributed by atoms with E-state index in [4.69, 9.17) is 11.6 Å². The maximum Gasteiger partial charge on any atom is 0.100 e. The Balaban J connectivity index is 1.83. The lowest BCUT2D eigenvalue weighted by atomic mass is 9.85. The molecule has 1 N–H and O–H groups in total. The van der Waals surface area contributed by atoms with Gasteiger partial charge in [0, 0.05) is 18.1 Å². The van der Waals surface area contributed by atoms with Gasteiger partial charge in [-0.15, -0.1) is 0 Å². The van der Waals surface area contributed by atoms with Gasteiger partial charge in [-0.1, -0.05) is 11.6 Å². The minimum absolute atomic E-state index is 0.218. The van der Waals surface area contributed by atoms with Crippen LogP contribution < -0.4 is 0 Å². The number of aromatic nitrogens is 2. The number of hydrogen-bond acceptors (Lipinski definition) is 3. The van der Waals surface area contributed by atoms with Gasteiger partial charge in [-0.25, -0.2) is 0 Å². The Morgan fingerprint density at radius 3 is 2.45 bits per heavy atom. The lowest BCUT2D eigenvalue weighted by Crippen LogP contribution is -2.41. The third-order valence-corrected chi connectivity index (χ3v) is 5.43. The molecule has 0 saturated carbocycles. The number of halogens is 1. The first-order valence-electron chi connectivity index (χ1n) is 7.62. The van der Waals surface area contributed by atoms with Crippen molar-refractivity contribution >= 4 is 11.6 Å². The fourth-order valence-corrected chi connectivity index (χ4v) is 4.22. The van der Waals surface area contributed by atoms with E-state index in [1.165, 1.54) is 12.8 Å². The van der Waals surface area contributed by atoms with E-state index in [9.17, 15) is 5.11 Å². The summed E-state index contributed by atoms with van der Waals surface area (Å²) in [6.07, 6.45) is 5.82. The second kappa shape index (κ2) is 5.32. The van der Waals surface area contributed by atoms with E-state index in [1.54, 1.807) is 6.20 Å². The highest BCUT2D eigenvalue weighted by Gasteiger charge is 2.42. The normalized spacial score (nSPS) is 32.0. The largest absolute Gasteiger partial charge is 0.386 e. The van der Waals surface area contributed by atoms with E-state index in [0.29, 0.717) is 23.0 Å². The predicted octanol–water partition coefficient (Wildman–Crippen LogP) is 3.02. The molecule has 0 radical (unpaired) electrons. The number of fused-ring (bicyclic) bond motifs is 2. The zero-order valence-corrected chi connectivity index (χ0v) is 13.2. The molecular formula is C15H24ClN3O. The summed E-state index contributed by atoms with van der Waals surface area (Å²) in [5, 5.41) is 15.7. The minimum Gasteiger partial charge on any atom is -0.386 e. The van der Waals surface area contributed by atoms with Crippen LogP contribution in [0.1, 0.15) is 57.4 Å². The van der Waals surface area contributed by atoms with Crippen molar-refractivity contribution < 1.29 is 5.11 Å². The summed E-state index contributed by atoms with van der Waals surface area (Å²) in [5.41, 5.74) is 0.801. The Kier molecular flexibility index (Phi) is 3.82. The molecule has 20 heavy (non-hydrogen) atoms. The van der Waals surface area contributed by atoms with Crippen molar-refractivity contribution in [1.29, 1.82) is 0 Å². The average Bonchev–Trinajstić information content (AvgIpc) is 2.85. The van der Waals surface area contributed by atoms with E-state index in [1.807, 2.05) is 4.68 Å². The van der Waals surface area contributed by atoms with Crippen molar-refractivity contribution in [2.24, 2.45) is 5.92 Å². The van der Waals surface area contributed by atoms with Crippen LogP contribution in [-0.2, 0) is 0 Å². The fraction of sp³-hybridized carbons (Fsp3) is 0.800. The third kappa shape index (κ3) is 2.28. The third-order valence-electron chi connectivity index (χ3n) is 5.14. The van der Waals surface area contributed by atoms with Gasteiger partial charge in [0.15, 0.2) is 0 Å². The molecule has 2 saturated heterocycles. The molecule has 2 bridgehead atoms. The van der Waals surface area contributed by atoms with Crippen LogP contribution in [0.3, 0.4) is 0 Å². The van der Waals surface area contributed by atoms with Crippen LogP contribution >= 0.6 is 11.6 Å². The summed E-state index contributed by atoms with van der Waals surface area (Å²) in [6.45, 7) is 4.13. The first-order valence-corrected chi connectivity index (χ1v) is 7.99. The number of aliphatic hydroxyl groups is 1. The van der Waals surface area contributed by atoms with Gasteiger partial charge in [0.05, 0.1) is 16.9 Å². The van der Waals surface area contributed by atoms with Crippen LogP contribution in [0.5, 0.6) is 0 Å². The monoisotopic (exact) mass is 297 g/mol. The maximum atomic E-state index is 10.8. The van der Waals surface area contributed by atoms with Gasteiger partial charge in [0.2, 0.25) is 0 Å². The molecule has 2 aliphatic rings. The van der Waals surface area contributed by atoms with Crippen LogP contribution in [0.15, 0.2) is 6.20 Å².